The fourth-order valence-corrected chi connectivity index (χ4v) is 6.02. The Morgan fingerprint density at radius 3 is 2.04 bits per heavy atom. The molecule has 1 aromatic rings. The van der Waals surface area contributed by atoms with Crippen molar-refractivity contribution in [1.29, 1.82) is 0 Å². The highest BCUT2D eigenvalue weighted by Crippen LogP contribution is 2.44. The Morgan fingerprint density at radius 2 is 1.46 bits per heavy atom. The summed E-state index contributed by atoms with van der Waals surface area (Å²) >= 11 is 0. The van der Waals surface area contributed by atoms with Gasteiger partial charge in [-0.3, -0.25) is 4.90 Å². The quantitative estimate of drug-likeness (QED) is 0.725. The second-order valence-electron chi connectivity index (χ2n) is 10.1. The molecule has 144 valence electrons. The average Bonchev–Trinajstić information content (AvgIpc) is 2.87. The van der Waals surface area contributed by atoms with E-state index in [1.165, 1.54) is 51.4 Å². The molecule has 2 heterocycles. The minimum Gasteiger partial charge on any atom is -0.397 e. The summed E-state index contributed by atoms with van der Waals surface area (Å²) in [5.74, 6) is 0.914. The van der Waals surface area contributed by atoms with Crippen LogP contribution < -0.4 is 11.1 Å². The largest absolute Gasteiger partial charge is 0.397 e. The third kappa shape index (κ3) is 3.60. The Hall–Kier alpha value is -1.22. The first-order valence-electron chi connectivity index (χ1n) is 10.8. The minimum absolute atomic E-state index is 0.483. The van der Waals surface area contributed by atoms with Crippen molar-refractivity contribution in [3.8, 4) is 0 Å². The zero-order valence-corrected chi connectivity index (χ0v) is 16.9. The maximum absolute atomic E-state index is 6.14. The van der Waals surface area contributed by atoms with Crippen LogP contribution in [0.1, 0.15) is 72.1 Å². The number of rotatable bonds is 3. The molecule has 2 bridgehead atoms. The number of para-hydroxylation sites is 2. The zero-order valence-electron chi connectivity index (χ0n) is 16.9. The van der Waals surface area contributed by atoms with Crippen molar-refractivity contribution >= 4 is 11.4 Å². The lowest BCUT2D eigenvalue weighted by atomic mass is 9.71. The third-order valence-electron chi connectivity index (χ3n) is 7.45. The Bertz CT molecular complexity index is 598. The Morgan fingerprint density at radius 1 is 0.885 bits per heavy atom. The van der Waals surface area contributed by atoms with Gasteiger partial charge in [0.1, 0.15) is 0 Å². The number of nitrogens with one attached hydrogen (secondary N) is 1. The molecule has 2 saturated heterocycles. The summed E-state index contributed by atoms with van der Waals surface area (Å²) in [7, 11) is 0. The van der Waals surface area contributed by atoms with Crippen LogP contribution in [0.3, 0.4) is 0 Å². The van der Waals surface area contributed by atoms with Gasteiger partial charge in [-0.15, -0.1) is 0 Å². The van der Waals surface area contributed by atoms with Crippen LogP contribution in [0.4, 0.5) is 11.4 Å². The number of benzene rings is 1. The molecule has 3 aliphatic rings. The molecule has 26 heavy (non-hydrogen) atoms. The first kappa shape index (κ1) is 18.2. The van der Waals surface area contributed by atoms with Crippen molar-refractivity contribution < 1.29 is 0 Å². The van der Waals surface area contributed by atoms with E-state index in [1.54, 1.807) is 0 Å². The molecule has 3 atom stereocenters. The van der Waals surface area contributed by atoms with Crippen molar-refractivity contribution in [2.45, 2.75) is 96.3 Å². The third-order valence-corrected chi connectivity index (χ3v) is 7.45. The number of nitrogen functional groups attached to an aromatic ring is 1. The van der Waals surface area contributed by atoms with Gasteiger partial charge in [0, 0.05) is 24.2 Å². The predicted octanol–water partition coefficient (Wildman–Crippen LogP) is 5.28. The lowest BCUT2D eigenvalue weighted by Crippen LogP contribution is -2.52. The lowest BCUT2D eigenvalue weighted by Gasteiger charge is -2.47. The van der Waals surface area contributed by atoms with Gasteiger partial charge in [-0.05, 0) is 74.8 Å². The molecule has 3 nitrogen and oxygen atoms in total. The van der Waals surface area contributed by atoms with Gasteiger partial charge in [0.25, 0.3) is 0 Å². The van der Waals surface area contributed by atoms with Crippen molar-refractivity contribution in [1.82, 2.24) is 4.90 Å². The van der Waals surface area contributed by atoms with Crippen LogP contribution in [0.25, 0.3) is 0 Å². The molecule has 1 aliphatic carbocycles. The van der Waals surface area contributed by atoms with Crippen LogP contribution in [0.15, 0.2) is 24.3 Å². The number of piperidine rings is 1. The maximum Gasteiger partial charge on any atom is 0.0576 e. The fourth-order valence-electron chi connectivity index (χ4n) is 6.02. The number of fused-ring (bicyclic) bond motifs is 2. The highest BCUT2D eigenvalue weighted by molar-refractivity contribution is 5.66. The lowest BCUT2D eigenvalue weighted by molar-refractivity contribution is 0.0364. The van der Waals surface area contributed by atoms with Crippen LogP contribution in [-0.4, -0.2) is 29.1 Å². The molecule has 1 unspecified atom stereocenters. The average molecular weight is 356 g/mol. The second kappa shape index (κ2) is 7.07. The Kier molecular flexibility index (Phi) is 4.94. The molecule has 0 spiro atoms. The number of nitrogens with zero attached hydrogens (tertiary/aromatic N) is 1. The van der Waals surface area contributed by atoms with Crippen LogP contribution in [0, 0.1) is 11.3 Å². The van der Waals surface area contributed by atoms with Gasteiger partial charge in [0.2, 0.25) is 0 Å². The van der Waals surface area contributed by atoms with Crippen molar-refractivity contribution in [2.75, 3.05) is 11.1 Å². The van der Waals surface area contributed by atoms with Gasteiger partial charge in [-0.1, -0.05) is 32.9 Å². The molecule has 0 amide bonds. The summed E-state index contributed by atoms with van der Waals surface area (Å²) in [6.45, 7) is 7.27. The van der Waals surface area contributed by atoms with Crippen LogP contribution >= 0.6 is 0 Å². The van der Waals surface area contributed by atoms with E-state index >= 15 is 0 Å². The minimum atomic E-state index is 0.483. The molecule has 3 N–H and O–H groups in total. The van der Waals surface area contributed by atoms with Crippen molar-refractivity contribution in [3.05, 3.63) is 24.3 Å². The fraction of sp³-hybridized carbons (Fsp3) is 0.739. The zero-order chi connectivity index (χ0) is 18.3. The summed E-state index contributed by atoms with van der Waals surface area (Å²) in [5, 5.41) is 3.75. The molecule has 3 heteroatoms. The van der Waals surface area contributed by atoms with E-state index < -0.39 is 0 Å². The highest BCUT2D eigenvalue weighted by atomic mass is 15.3. The summed E-state index contributed by atoms with van der Waals surface area (Å²) < 4.78 is 0. The standard InChI is InChI=1S/C23H37N3/c1-23(2,3)16-8-10-18(11-9-16)26-19-12-13-20(26)15-17(14-19)25-22-7-5-4-6-21(22)24/h4-7,16-20,25H,8-15,24H2,1-3H3/t16?,17?,18?,19-,20+. The van der Waals surface area contributed by atoms with E-state index in [0.29, 0.717) is 11.5 Å². The van der Waals surface area contributed by atoms with E-state index in [9.17, 15) is 0 Å². The van der Waals surface area contributed by atoms with Crippen LogP contribution in [0.5, 0.6) is 0 Å². The van der Waals surface area contributed by atoms with Crippen LogP contribution in [-0.2, 0) is 0 Å². The van der Waals surface area contributed by atoms with Gasteiger partial charge in [0.15, 0.2) is 0 Å². The van der Waals surface area contributed by atoms with E-state index in [1.807, 2.05) is 12.1 Å². The molecule has 0 aromatic heterocycles. The monoisotopic (exact) mass is 355 g/mol. The first-order chi connectivity index (χ1) is 12.4. The summed E-state index contributed by atoms with van der Waals surface area (Å²) in [6, 6.07) is 11.2. The SMILES string of the molecule is CC(C)(C)C1CCC(N2[C@@H]3CC[C@H]2CC(Nc2ccccc2N)C3)CC1. The molecule has 4 rings (SSSR count). The smallest absolute Gasteiger partial charge is 0.0576 e. The van der Waals surface area contributed by atoms with Gasteiger partial charge in [-0.25, -0.2) is 0 Å². The van der Waals surface area contributed by atoms with E-state index in [-0.39, 0.29) is 0 Å². The predicted molar refractivity (Wildman–Crippen MR) is 111 cm³/mol. The highest BCUT2D eigenvalue weighted by Gasteiger charge is 2.45. The number of hydrogen-bond donors (Lipinski definition) is 2. The van der Waals surface area contributed by atoms with E-state index in [2.05, 4.69) is 43.1 Å². The van der Waals surface area contributed by atoms with Gasteiger partial charge in [-0.2, -0.15) is 0 Å². The molecule has 2 aliphatic heterocycles. The number of nitrogens with two attached hydrogens (primary N) is 1. The van der Waals surface area contributed by atoms with Crippen molar-refractivity contribution in [2.24, 2.45) is 11.3 Å². The molecular weight excluding hydrogens is 318 g/mol. The van der Waals surface area contributed by atoms with E-state index in [0.717, 1.165) is 35.4 Å². The second-order valence-corrected chi connectivity index (χ2v) is 10.1. The maximum atomic E-state index is 6.14. The van der Waals surface area contributed by atoms with Crippen molar-refractivity contribution in [3.63, 3.8) is 0 Å². The molecule has 0 radical (unpaired) electrons. The summed E-state index contributed by atoms with van der Waals surface area (Å²) in [4.78, 5) is 2.95. The van der Waals surface area contributed by atoms with E-state index in [4.69, 9.17) is 5.73 Å². The van der Waals surface area contributed by atoms with Crippen LogP contribution in [0.2, 0.25) is 0 Å². The number of anilines is 2. The Labute approximate surface area is 159 Å². The molecule has 1 saturated carbocycles. The molecular formula is C23H37N3. The molecule has 3 fully saturated rings. The Balaban J connectivity index is 1.37. The summed E-state index contributed by atoms with van der Waals surface area (Å²) in [6.07, 6.45) is 11.0. The molecule has 1 aromatic carbocycles. The topological polar surface area (TPSA) is 41.3 Å². The van der Waals surface area contributed by atoms with Gasteiger partial charge in [0.05, 0.1) is 11.4 Å². The van der Waals surface area contributed by atoms with Gasteiger partial charge < -0.3 is 11.1 Å². The normalized spacial score (nSPS) is 35.4. The number of hydrogen-bond acceptors (Lipinski definition) is 3. The summed E-state index contributed by atoms with van der Waals surface area (Å²) in [5.41, 5.74) is 8.62. The van der Waals surface area contributed by atoms with Gasteiger partial charge >= 0.3 is 0 Å². The first-order valence-corrected chi connectivity index (χ1v) is 10.8.